The van der Waals surface area contributed by atoms with E-state index in [1.54, 1.807) is 11.8 Å². The van der Waals surface area contributed by atoms with Gasteiger partial charge in [0.25, 0.3) is 0 Å². The van der Waals surface area contributed by atoms with Crippen LogP contribution in [0.15, 0.2) is 18.3 Å². The third-order valence-corrected chi connectivity index (χ3v) is 3.94. The zero-order valence-corrected chi connectivity index (χ0v) is 14.9. The van der Waals surface area contributed by atoms with Crippen LogP contribution in [0, 0.1) is 0 Å². The van der Waals surface area contributed by atoms with Crippen LogP contribution in [0.2, 0.25) is 0 Å². The van der Waals surface area contributed by atoms with Gasteiger partial charge in [0.2, 0.25) is 11.8 Å². The quantitative estimate of drug-likeness (QED) is 0.576. The number of carboxylic acid groups (broad SMARTS) is 1. The molecular weight excluding hydrogens is 324 g/mol. The summed E-state index contributed by atoms with van der Waals surface area (Å²) in [5, 5.41) is 12.2. The van der Waals surface area contributed by atoms with Crippen molar-refractivity contribution >= 4 is 17.8 Å². The Balaban J connectivity index is 2.86. The zero-order valence-electron chi connectivity index (χ0n) is 14.9. The lowest BCUT2D eigenvalue weighted by atomic mass is 10.1. The molecule has 2 atom stereocenters. The summed E-state index contributed by atoms with van der Waals surface area (Å²) in [6, 6.07) is 2.08. The summed E-state index contributed by atoms with van der Waals surface area (Å²) >= 11 is 0. The number of carboxylic acids is 1. The number of nitrogens with two attached hydrogens (primary N) is 1. The topological polar surface area (TPSA) is 126 Å². The number of primary amides is 1. The molecule has 25 heavy (non-hydrogen) atoms. The highest BCUT2D eigenvalue weighted by atomic mass is 16.4. The van der Waals surface area contributed by atoms with Gasteiger partial charge in [-0.3, -0.25) is 14.6 Å². The number of pyridine rings is 1. The van der Waals surface area contributed by atoms with Crippen LogP contribution < -0.4 is 11.1 Å². The van der Waals surface area contributed by atoms with E-state index in [1.807, 2.05) is 13.8 Å². The fourth-order valence-electron chi connectivity index (χ4n) is 2.61. The molecule has 1 rings (SSSR count). The molecule has 1 aromatic rings. The molecule has 0 saturated carbocycles. The third-order valence-electron chi connectivity index (χ3n) is 3.94. The fraction of sp³-hybridized carbons (Fsp3) is 0.529. The van der Waals surface area contributed by atoms with E-state index >= 15 is 0 Å². The summed E-state index contributed by atoms with van der Waals surface area (Å²) < 4.78 is 0. The van der Waals surface area contributed by atoms with Crippen molar-refractivity contribution in [1.29, 1.82) is 0 Å². The first-order chi connectivity index (χ1) is 11.8. The monoisotopic (exact) mass is 350 g/mol. The summed E-state index contributed by atoms with van der Waals surface area (Å²) in [6.45, 7) is 6.76. The highest BCUT2D eigenvalue weighted by Gasteiger charge is 2.22. The molecule has 0 aliphatic carbocycles. The van der Waals surface area contributed by atoms with Crippen molar-refractivity contribution in [3.63, 3.8) is 0 Å². The second kappa shape index (κ2) is 9.73. The van der Waals surface area contributed by atoms with Crippen LogP contribution >= 0.6 is 0 Å². The number of aromatic nitrogens is 1. The Kier molecular flexibility index (Phi) is 8.00. The average molecular weight is 350 g/mol. The largest absolute Gasteiger partial charge is 0.478 e. The van der Waals surface area contributed by atoms with Crippen molar-refractivity contribution in [3.8, 4) is 0 Å². The number of amides is 2. The zero-order chi connectivity index (χ0) is 19.0. The molecule has 8 nitrogen and oxygen atoms in total. The van der Waals surface area contributed by atoms with Crippen LogP contribution in [0.4, 0.5) is 0 Å². The Labute approximate surface area is 147 Å². The number of aromatic carboxylic acids is 1. The van der Waals surface area contributed by atoms with Gasteiger partial charge in [-0.25, -0.2) is 4.79 Å². The maximum atomic E-state index is 12.3. The molecule has 0 aliphatic heterocycles. The molecule has 4 N–H and O–H groups in total. The SMILES string of the molecule is CCN(CC)C(=O)CC(CC(N)=O)NC(C)c1cc(C(=O)O)ccn1. The maximum absolute atomic E-state index is 12.3. The van der Waals surface area contributed by atoms with Gasteiger partial charge in [-0.1, -0.05) is 0 Å². The Morgan fingerprint density at radius 2 is 1.92 bits per heavy atom. The Morgan fingerprint density at radius 1 is 1.28 bits per heavy atom. The number of nitrogens with zero attached hydrogens (tertiary/aromatic N) is 2. The first kappa shape index (κ1) is 20.6. The molecule has 0 aliphatic rings. The molecule has 2 amide bonds. The number of rotatable bonds is 10. The molecule has 138 valence electrons. The molecule has 0 saturated heterocycles. The second-order valence-electron chi connectivity index (χ2n) is 5.80. The van der Waals surface area contributed by atoms with Gasteiger partial charge in [0, 0.05) is 44.2 Å². The number of hydrogen-bond acceptors (Lipinski definition) is 5. The Bertz CT molecular complexity index is 616. The lowest BCUT2D eigenvalue weighted by Gasteiger charge is -2.25. The van der Waals surface area contributed by atoms with E-state index in [4.69, 9.17) is 10.8 Å². The first-order valence-corrected chi connectivity index (χ1v) is 8.29. The minimum absolute atomic E-state index is 0.00989. The first-order valence-electron chi connectivity index (χ1n) is 8.29. The van der Waals surface area contributed by atoms with Gasteiger partial charge in [-0.05, 0) is 32.9 Å². The Morgan fingerprint density at radius 3 is 2.44 bits per heavy atom. The summed E-state index contributed by atoms with van der Waals surface area (Å²) in [4.78, 5) is 40.5. The van der Waals surface area contributed by atoms with E-state index in [1.165, 1.54) is 18.3 Å². The molecule has 2 unspecified atom stereocenters. The average Bonchev–Trinajstić information content (AvgIpc) is 2.55. The number of carbonyl (C=O) groups excluding carboxylic acids is 2. The van der Waals surface area contributed by atoms with Crippen molar-refractivity contribution < 1.29 is 19.5 Å². The fourth-order valence-corrected chi connectivity index (χ4v) is 2.61. The lowest BCUT2D eigenvalue weighted by molar-refractivity contribution is -0.131. The number of hydrogen-bond donors (Lipinski definition) is 3. The highest BCUT2D eigenvalue weighted by Crippen LogP contribution is 2.14. The summed E-state index contributed by atoms with van der Waals surface area (Å²) in [5.74, 6) is -1.62. The second-order valence-corrected chi connectivity index (χ2v) is 5.80. The molecule has 0 spiro atoms. The number of nitrogens with one attached hydrogen (secondary N) is 1. The predicted molar refractivity (Wildman–Crippen MR) is 92.9 cm³/mol. The van der Waals surface area contributed by atoms with Gasteiger partial charge in [-0.2, -0.15) is 0 Å². The summed E-state index contributed by atoms with van der Waals surface area (Å²) in [7, 11) is 0. The highest BCUT2D eigenvalue weighted by molar-refractivity contribution is 5.87. The normalized spacial score (nSPS) is 13.1. The van der Waals surface area contributed by atoms with Crippen LogP contribution in [-0.4, -0.2) is 51.9 Å². The van der Waals surface area contributed by atoms with E-state index in [9.17, 15) is 14.4 Å². The Hall–Kier alpha value is -2.48. The van der Waals surface area contributed by atoms with Gasteiger partial charge in [0.05, 0.1) is 11.3 Å². The van der Waals surface area contributed by atoms with Crippen LogP contribution in [0.3, 0.4) is 0 Å². The van der Waals surface area contributed by atoms with Gasteiger partial charge >= 0.3 is 5.97 Å². The van der Waals surface area contributed by atoms with Crippen molar-refractivity contribution in [2.24, 2.45) is 5.73 Å². The van der Waals surface area contributed by atoms with Crippen molar-refractivity contribution in [3.05, 3.63) is 29.6 Å². The smallest absolute Gasteiger partial charge is 0.335 e. The third kappa shape index (κ3) is 6.50. The molecule has 1 heterocycles. The van der Waals surface area contributed by atoms with E-state index in [2.05, 4.69) is 10.3 Å². The van der Waals surface area contributed by atoms with Crippen molar-refractivity contribution in [2.75, 3.05) is 13.1 Å². The van der Waals surface area contributed by atoms with E-state index in [0.717, 1.165) is 0 Å². The number of carbonyl (C=O) groups is 3. The molecule has 0 fully saturated rings. The van der Waals surface area contributed by atoms with Crippen LogP contribution in [0.1, 0.15) is 55.7 Å². The van der Waals surface area contributed by atoms with E-state index < -0.39 is 17.9 Å². The van der Waals surface area contributed by atoms with Gasteiger partial charge in [0.1, 0.15) is 0 Å². The molecule has 0 aromatic carbocycles. The predicted octanol–water partition coefficient (Wildman–Crippen LogP) is 0.933. The van der Waals surface area contributed by atoms with Crippen molar-refractivity contribution in [2.45, 2.75) is 45.7 Å². The van der Waals surface area contributed by atoms with Crippen LogP contribution in [0.25, 0.3) is 0 Å². The van der Waals surface area contributed by atoms with Gasteiger partial charge in [0.15, 0.2) is 0 Å². The summed E-state index contributed by atoms with van der Waals surface area (Å²) in [6.07, 6.45) is 1.56. The van der Waals surface area contributed by atoms with Crippen LogP contribution in [-0.2, 0) is 9.59 Å². The minimum Gasteiger partial charge on any atom is -0.478 e. The molecule has 8 heteroatoms. The molecular formula is C17H26N4O4. The standard InChI is InChI=1S/C17H26N4O4/c1-4-21(5-2)16(23)10-13(9-15(18)22)20-11(3)14-8-12(17(24)25)6-7-19-14/h6-8,11,13,20H,4-5,9-10H2,1-3H3,(H2,18,22)(H,24,25). The summed E-state index contributed by atoms with van der Waals surface area (Å²) in [5.41, 5.74) is 5.94. The lowest BCUT2D eigenvalue weighted by Crippen LogP contribution is -2.41. The van der Waals surface area contributed by atoms with Crippen molar-refractivity contribution in [1.82, 2.24) is 15.2 Å². The molecule has 1 aromatic heterocycles. The van der Waals surface area contributed by atoms with Gasteiger partial charge < -0.3 is 21.1 Å². The van der Waals surface area contributed by atoms with Crippen LogP contribution in [0.5, 0.6) is 0 Å². The molecule has 0 radical (unpaired) electrons. The van der Waals surface area contributed by atoms with E-state index in [-0.39, 0.29) is 30.4 Å². The van der Waals surface area contributed by atoms with Gasteiger partial charge in [-0.15, -0.1) is 0 Å². The minimum atomic E-state index is -1.04. The maximum Gasteiger partial charge on any atom is 0.335 e. The molecule has 0 bridgehead atoms. The van der Waals surface area contributed by atoms with E-state index in [0.29, 0.717) is 18.8 Å².